The van der Waals surface area contributed by atoms with Crippen molar-refractivity contribution < 1.29 is 4.48 Å². The van der Waals surface area contributed by atoms with Gasteiger partial charge >= 0.3 is 0 Å². The van der Waals surface area contributed by atoms with Gasteiger partial charge in [-0.1, -0.05) is 76.9 Å². The van der Waals surface area contributed by atoms with Gasteiger partial charge in [0.05, 0.1) is 0 Å². The minimum Gasteiger partial charge on any atom is -0.159 e. The highest BCUT2D eigenvalue weighted by Crippen LogP contribution is 2.09. The molecule has 2 heteroatoms. The summed E-state index contributed by atoms with van der Waals surface area (Å²) in [5, 5.41) is 0. The minimum atomic E-state index is 0.515. The molecule has 0 aliphatic heterocycles. The van der Waals surface area contributed by atoms with Crippen molar-refractivity contribution in [2.75, 3.05) is 6.54 Å². The number of halogens is 1. The van der Waals surface area contributed by atoms with E-state index in [9.17, 15) is 4.48 Å². The average Bonchev–Trinajstić information content (AvgIpc) is 2.47. The first kappa shape index (κ1) is 19.6. The van der Waals surface area contributed by atoms with Crippen LogP contribution in [-0.4, -0.2) is 6.54 Å². The molecule has 120 valence electrons. The van der Waals surface area contributed by atoms with E-state index in [2.05, 4.69) is 19.1 Å². The lowest BCUT2D eigenvalue weighted by Crippen LogP contribution is -2.01. The maximum absolute atomic E-state index is 11.6. The molecule has 0 heterocycles. The molecular weight excluding hydrogens is 249 g/mol. The molecule has 0 unspecified atom stereocenters. The maximum atomic E-state index is 11.6. The van der Waals surface area contributed by atoms with Crippen LogP contribution in [0.1, 0.15) is 96.8 Å². The molecule has 0 amide bonds. The highest BCUT2D eigenvalue weighted by molar-refractivity contribution is 4.81. The normalized spacial score (nSPS) is 11.5. The lowest BCUT2D eigenvalue weighted by molar-refractivity contribution is 0.327. The fourth-order valence-corrected chi connectivity index (χ4v) is 2.44. The van der Waals surface area contributed by atoms with E-state index in [0.29, 0.717) is 6.54 Å². The van der Waals surface area contributed by atoms with Crippen LogP contribution in [-0.2, 0) is 0 Å². The van der Waals surface area contributed by atoms with Crippen molar-refractivity contribution in [3.8, 4) is 0 Å². The Labute approximate surface area is 126 Å². The molecule has 0 aromatic heterocycles. The summed E-state index contributed by atoms with van der Waals surface area (Å²) in [6.45, 7) is 2.78. The molecule has 1 nitrogen and oxygen atoms in total. The van der Waals surface area contributed by atoms with Crippen LogP contribution in [0.25, 0.3) is 0 Å². The molecule has 0 aliphatic rings. The zero-order valence-electron chi connectivity index (χ0n) is 13.6. The van der Waals surface area contributed by atoms with E-state index in [-0.39, 0.29) is 0 Å². The predicted octanol–water partition coefficient (Wildman–Crippen LogP) is 6.50. The molecule has 0 saturated carbocycles. The van der Waals surface area contributed by atoms with Gasteiger partial charge in [-0.2, -0.15) is 5.54 Å². The molecule has 0 aromatic carbocycles. The molecule has 0 saturated heterocycles. The lowest BCUT2D eigenvalue weighted by atomic mass is 10.1. The topological polar surface area (TPSA) is 12.0 Å². The fourth-order valence-electron chi connectivity index (χ4n) is 2.44. The number of hydrogen-bond donors (Lipinski definition) is 1. The van der Waals surface area contributed by atoms with E-state index < -0.39 is 0 Å². The Balaban J connectivity index is 3.01. The summed E-state index contributed by atoms with van der Waals surface area (Å²) in [6.07, 6.45) is 22.9. The Kier molecular flexibility index (Phi) is 18.3. The van der Waals surface area contributed by atoms with Gasteiger partial charge in [0.25, 0.3) is 0 Å². The van der Waals surface area contributed by atoms with Crippen LogP contribution in [0.3, 0.4) is 0 Å². The van der Waals surface area contributed by atoms with Crippen LogP contribution in [0, 0.1) is 0 Å². The molecule has 0 radical (unpaired) electrons. The van der Waals surface area contributed by atoms with E-state index in [0.717, 1.165) is 12.8 Å². The van der Waals surface area contributed by atoms with Gasteiger partial charge in [-0.3, -0.25) is 0 Å². The molecular formula is C18H36FN. The summed E-state index contributed by atoms with van der Waals surface area (Å²) in [7, 11) is 0. The van der Waals surface area contributed by atoms with Gasteiger partial charge < -0.3 is 0 Å². The smallest absolute Gasteiger partial charge is 0.0259 e. The second-order valence-corrected chi connectivity index (χ2v) is 5.82. The first-order valence-electron chi connectivity index (χ1n) is 8.90. The van der Waals surface area contributed by atoms with E-state index in [1.165, 1.54) is 77.0 Å². The van der Waals surface area contributed by atoms with Crippen LogP contribution in [0.4, 0.5) is 4.48 Å². The first-order chi connectivity index (χ1) is 9.91. The summed E-state index contributed by atoms with van der Waals surface area (Å²) >= 11 is 0. The van der Waals surface area contributed by atoms with Crippen LogP contribution >= 0.6 is 0 Å². The van der Waals surface area contributed by atoms with Crippen molar-refractivity contribution in [3.05, 3.63) is 12.2 Å². The lowest BCUT2D eigenvalue weighted by Gasteiger charge is -2.00. The van der Waals surface area contributed by atoms with Gasteiger partial charge in [0.15, 0.2) is 0 Å². The van der Waals surface area contributed by atoms with Crippen molar-refractivity contribution in [1.29, 1.82) is 0 Å². The van der Waals surface area contributed by atoms with Gasteiger partial charge in [-0.15, -0.1) is 4.48 Å². The maximum Gasteiger partial charge on any atom is 0.0259 e. The Morgan fingerprint density at radius 1 is 0.650 bits per heavy atom. The van der Waals surface area contributed by atoms with Gasteiger partial charge in [-0.05, 0) is 32.1 Å². The zero-order valence-corrected chi connectivity index (χ0v) is 13.6. The van der Waals surface area contributed by atoms with Crippen LogP contribution in [0.5, 0.6) is 0 Å². The summed E-state index contributed by atoms with van der Waals surface area (Å²) in [6, 6.07) is 0. The van der Waals surface area contributed by atoms with Gasteiger partial charge in [0.1, 0.15) is 0 Å². The van der Waals surface area contributed by atoms with Crippen molar-refractivity contribution in [2.24, 2.45) is 0 Å². The highest BCUT2D eigenvalue weighted by atomic mass is 19.2. The molecule has 20 heavy (non-hydrogen) atoms. The first-order valence-corrected chi connectivity index (χ1v) is 8.90. The molecule has 1 N–H and O–H groups in total. The number of allylic oxidation sites excluding steroid dienone is 2. The van der Waals surface area contributed by atoms with Crippen molar-refractivity contribution in [1.82, 2.24) is 5.54 Å². The molecule has 0 rings (SSSR count). The van der Waals surface area contributed by atoms with Gasteiger partial charge in [0.2, 0.25) is 0 Å². The third-order valence-electron chi connectivity index (χ3n) is 3.78. The van der Waals surface area contributed by atoms with Crippen LogP contribution < -0.4 is 5.54 Å². The monoisotopic (exact) mass is 285 g/mol. The largest absolute Gasteiger partial charge is 0.159 e. The third kappa shape index (κ3) is 17.6. The van der Waals surface area contributed by atoms with E-state index >= 15 is 0 Å². The number of nitrogens with one attached hydrogen (secondary N) is 1. The summed E-state index contributed by atoms with van der Waals surface area (Å²) in [5.41, 5.74) is 1.71. The van der Waals surface area contributed by atoms with Crippen LogP contribution in [0.2, 0.25) is 0 Å². The number of hydrogen-bond acceptors (Lipinski definition) is 1. The molecule has 0 aliphatic carbocycles. The molecule has 0 fully saturated rings. The van der Waals surface area contributed by atoms with E-state index in [1.807, 2.05) is 0 Å². The quantitative estimate of drug-likeness (QED) is 0.194. The molecule has 0 aromatic rings. The number of unbranched alkanes of at least 4 members (excludes halogenated alkanes) is 12. The second-order valence-electron chi connectivity index (χ2n) is 5.82. The Hall–Kier alpha value is -0.370. The Bertz CT molecular complexity index is 192. The average molecular weight is 285 g/mol. The standard InChI is InChI=1S/C18H36FN/c1-2-3-4-5-6-7-8-9-10-11-12-13-14-15-16-17-18-20-19/h9-10,20H,2-8,11-18H2,1H3. The van der Waals surface area contributed by atoms with Gasteiger partial charge in [-0.25, -0.2) is 0 Å². The summed E-state index contributed by atoms with van der Waals surface area (Å²) in [5.74, 6) is 0. The highest BCUT2D eigenvalue weighted by Gasteiger charge is 1.91. The van der Waals surface area contributed by atoms with E-state index in [4.69, 9.17) is 0 Å². The molecule has 0 spiro atoms. The fraction of sp³-hybridized carbons (Fsp3) is 0.889. The predicted molar refractivity (Wildman–Crippen MR) is 88.6 cm³/mol. The summed E-state index contributed by atoms with van der Waals surface area (Å²) < 4.78 is 11.6. The van der Waals surface area contributed by atoms with Crippen molar-refractivity contribution in [3.63, 3.8) is 0 Å². The van der Waals surface area contributed by atoms with E-state index in [1.54, 1.807) is 5.54 Å². The minimum absolute atomic E-state index is 0.515. The van der Waals surface area contributed by atoms with Crippen molar-refractivity contribution in [2.45, 2.75) is 96.8 Å². The zero-order chi connectivity index (χ0) is 14.7. The molecule has 0 atom stereocenters. The SMILES string of the molecule is CCCCCCCCC=CCCCCCCCCNF. The Morgan fingerprint density at radius 3 is 1.60 bits per heavy atom. The number of rotatable bonds is 16. The second kappa shape index (κ2) is 18.6. The van der Waals surface area contributed by atoms with Crippen molar-refractivity contribution >= 4 is 0 Å². The summed E-state index contributed by atoms with van der Waals surface area (Å²) in [4.78, 5) is 0. The third-order valence-corrected chi connectivity index (χ3v) is 3.78. The molecule has 0 bridgehead atoms. The van der Waals surface area contributed by atoms with Crippen LogP contribution in [0.15, 0.2) is 12.2 Å². The van der Waals surface area contributed by atoms with Gasteiger partial charge in [0, 0.05) is 6.54 Å². The Morgan fingerprint density at radius 2 is 1.10 bits per heavy atom.